The molecule has 210 valence electrons. The molecule has 3 aliphatic heterocycles. The number of ether oxygens (including phenoxy) is 1. The van der Waals surface area contributed by atoms with Crippen LogP contribution in [0.4, 0.5) is 4.79 Å². The second-order valence-corrected chi connectivity index (χ2v) is 10.7. The van der Waals surface area contributed by atoms with Gasteiger partial charge in [-0.2, -0.15) is 0 Å². The van der Waals surface area contributed by atoms with Crippen molar-refractivity contribution in [1.29, 1.82) is 0 Å². The number of hydrogen-bond donors (Lipinski definition) is 2. The number of piperidine rings is 1. The molecule has 3 amide bonds. The highest BCUT2D eigenvalue weighted by Crippen LogP contribution is 2.20. The van der Waals surface area contributed by atoms with E-state index in [0.29, 0.717) is 44.5 Å². The van der Waals surface area contributed by atoms with Crippen molar-refractivity contribution < 1.29 is 19.1 Å². The van der Waals surface area contributed by atoms with E-state index in [9.17, 15) is 14.4 Å². The Balaban J connectivity index is 0.000000709. The Morgan fingerprint density at radius 3 is 2.14 bits per heavy atom. The Morgan fingerprint density at radius 1 is 1.06 bits per heavy atom. The van der Waals surface area contributed by atoms with Gasteiger partial charge >= 0.3 is 6.09 Å². The van der Waals surface area contributed by atoms with Gasteiger partial charge in [0.05, 0.1) is 13.2 Å². The monoisotopic (exact) mass is 511 g/mol. The number of nitrogens with one attached hydrogen (secondary N) is 2. The van der Waals surface area contributed by atoms with E-state index < -0.39 is 12.3 Å². The van der Waals surface area contributed by atoms with Crippen LogP contribution in [0.2, 0.25) is 0 Å². The Hall–Kier alpha value is -1.87. The first-order valence-electron chi connectivity index (χ1n) is 14.1. The number of nitrogens with zero attached hydrogens (tertiary/aromatic N) is 3. The number of unbranched alkanes of at least 4 members (excludes halogenated alkanes) is 1. The summed E-state index contributed by atoms with van der Waals surface area (Å²) in [4.78, 5) is 41.6. The number of carbonyl (C=O) groups is 3. The van der Waals surface area contributed by atoms with E-state index in [0.717, 1.165) is 51.4 Å². The van der Waals surface area contributed by atoms with E-state index in [1.165, 1.54) is 17.7 Å². The van der Waals surface area contributed by atoms with Crippen molar-refractivity contribution in [3.05, 3.63) is 0 Å². The summed E-state index contributed by atoms with van der Waals surface area (Å²) in [6.45, 7) is 18.3. The van der Waals surface area contributed by atoms with Crippen molar-refractivity contribution in [2.75, 3.05) is 59.0 Å². The molecule has 0 spiro atoms. The third-order valence-electron chi connectivity index (χ3n) is 6.55. The molecule has 0 aromatic carbocycles. The second-order valence-electron chi connectivity index (χ2n) is 10.7. The highest BCUT2D eigenvalue weighted by atomic mass is 16.6. The zero-order chi connectivity index (χ0) is 26.9. The first kappa shape index (κ1) is 32.2. The standard InChI is InChI=1S/C19H33N5O4.2C4H10/c1-2-24(19(27)28-13-16-5-8-21-9-16)17-11-22(18(26)12-23(17)14-25)10-15-3-6-20-7-4-15;1-4(2)3;1-3-4-2/h14-17,20-21H,2-13H2,1H3;4H,1-3H3;3-4H2,1-2H3. The molecule has 3 aliphatic rings. The molecule has 3 rings (SSSR count). The number of likely N-dealkylation sites (N-methyl/N-ethyl adjacent to an activating group) is 1. The minimum absolute atomic E-state index is 0.00939. The normalized spacial score (nSPS) is 22.4. The topological polar surface area (TPSA) is 94.2 Å². The number of hydrogen-bond acceptors (Lipinski definition) is 6. The minimum atomic E-state index is -0.476. The highest BCUT2D eigenvalue weighted by molar-refractivity contribution is 5.82. The Labute approximate surface area is 219 Å². The largest absolute Gasteiger partial charge is 0.449 e. The van der Waals surface area contributed by atoms with Gasteiger partial charge in [0.1, 0.15) is 12.7 Å². The molecule has 9 heteroatoms. The SMILES string of the molecule is CC(C)C.CCCC.CCN(C(=O)OCC1CCNC1)C1CN(CC2CCNCC2)C(=O)CN1C=O. The lowest BCUT2D eigenvalue weighted by Gasteiger charge is -2.44. The molecular formula is C27H53N5O4. The van der Waals surface area contributed by atoms with Crippen molar-refractivity contribution in [1.82, 2.24) is 25.3 Å². The molecule has 2 N–H and O–H groups in total. The van der Waals surface area contributed by atoms with Gasteiger partial charge in [0, 0.05) is 25.6 Å². The lowest BCUT2D eigenvalue weighted by Crippen LogP contribution is -2.63. The Kier molecular flexibility index (Phi) is 16.4. The van der Waals surface area contributed by atoms with Crippen LogP contribution in [-0.4, -0.2) is 98.2 Å². The van der Waals surface area contributed by atoms with E-state index >= 15 is 0 Å². The number of rotatable bonds is 8. The van der Waals surface area contributed by atoms with Crippen LogP contribution >= 0.6 is 0 Å². The van der Waals surface area contributed by atoms with Gasteiger partial charge in [-0.25, -0.2) is 4.79 Å². The molecule has 2 unspecified atom stereocenters. The van der Waals surface area contributed by atoms with Gasteiger partial charge in [-0.05, 0) is 57.7 Å². The summed E-state index contributed by atoms with van der Waals surface area (Å²) < 4.78 is 5.53. The third kappa shape index (κ3) is 11.9. The van der Waals surface area contributed by atoms with Crippen LogP contribution in [0.1, 0.15) is 73.6 Å². The second kappa shape index (κ2) is 18.4. The van der Waals surface area contributed by atoms with Crippen LogP contribution in [0.15, 0.2) is 0 Å². The summed E-state index contributed by atoms with van der Waals surface area (Å²) in [6, 6.07) is 0. The van der Waals surface area contributed by atoms with Crippen molar-refractivity contribution in [2.45, 2.75) is 79.8 Å². The molecule has 3 saturated heterocycles. The molecule has 0 aromatic rings. The molecule has 0 bridgehead atoms. The molecule has 0 saturated carbocycles. The molecule has 0 aliphatic carbocycles. The number of piperazine rings is 1. The smallest absolute Gasteiger partial charge is 0.411 e. The van der Waals surface area contributed by atoms with Gasteiger partial charge in [0.25, 0.3) is 0 Å². The molecule has 0 aromatic heterocycles. The summed E-state index contributed by atoms with van der Waals surface area (Å²) in [6.07, 6.45) is 5.50. The van der Waals surface area contributed by atoms with Gasteiger partial charge < -0.3 is 25.2 Å². The summed E-state index contributed by atoms with van der Waals surface area (Å²) in [7, 11) is 0. The van der Waals surface area contributed by atoms with Crippen molar-refractivity contribution in [2.24, 2.45) is 17.8 Å². The predicted octanol–water partition coefficient (Wildman–Crippen LogP) is 3.15. The van der Waals surface area contributed by atoms with E-state index in [2.05, 4.69) is 45.3 Å². The van der Waals surface area contributed by atoms with Gasteiger partial charge in [-0.15, -0.1) is 0 Å². The fourth-order valence-corrected chi connectivity index (χ4v) is 4.29. The van der Waals surface area contributed by atoms with Crippen LogP contribution in [0.25, 0.3) is 0 Å². The van der Waals surface area contributed by atoms with Crippen LogP contribution in [0.3, 0.4) is 0 Å². The van der Waals surface area contributed by atoms with E-state index in [1.54, 1.807) is 4.90 Å². The van der Waals surface area contributed by atoms with E-state index in [1.807, 2.05) is 11.8 Å². The maximum atomic E-state index is 12.7. The number of amides is 3. The number of carbonyl (C=O) groups excluding carboxylic acids is 3. The van der Waals surface area contributed by atoms with Crippen molar-refractivity contribution in [3.63, 3.8) is 0 Å². The fraction of sp³-hybridized carbons (Fsp3) is 0.889. The Bertz CT molecular complexity index is 617. The van der Waals surface area contributed by atoms with Crippen LogP contribution < -0.4 is 10.6 Å². The molecule has 36 heavy (non-hydrogen) atoms. The third-order valence-corrected chi connectivity index (χ3v) is 6.55. The van der Waals surface area contributed by atoms with Crippen LogP contribution in [0.5, 0.6) is 0 Å². The van der Waals surface area contributed by atoms with Crippen LogP contribution in [0, 0.1) is 17.8 Å². The summed E-state index contributed by atoms with van der Waals surface area (Å²) in [5.74, 6) is 1.59. The van der Waals surface area contributed by atoms with E-state index in [-0.39, 0.29) is 12.5 Å². The maximum Gasteiger partial charge on any atom is 0.411 e. The Morgan fingerprint density at radius 2 is 1.64 bits per heavy atom. The lowest BCUT2D eigenvalue weighted by atomic mass is 9.97. The lowest BCUT2D eigenvalue weighted by molar-refractivity contribution is -0.149. The summed E-state index contributed by atoms with van der Waals surface area (Å²) in [5, 5.41) is 6.60. The first-order chi connectivity index (χ1) is 17.3. The van der Waals surface area contributed by atoms with Gasteiger partial charge in [0.2, 0.25) is 12.3 Å². The van der Waals surface area contributed by atoms with E-state index in [4.69, 9.17) is 4.74 Å². The quantitative estimate of drug-likeness (QED) is 0.486. The fourth-order valence-electron chi connectivity index (χ4n) is 4.29. The molecule has 9 nitrogen and oxygen atoms in total. The first-order valence-corrected chi connectivity index (χ1v) is 14.1. The highest BCUT2D eigenvalue weighted by Gasteiger charge is 2.38. The zero-order valence-corrected chi connectivity index (χ0v) is 23.8. The summed E-state index contributed by atoms with van der Waals surface area (Å²) >= 11 is 0. The molecule has 0 radical (unpaired) electrons. The average Bonchev–Trinajstić information content (AvgIpc) is 3.39. The van der Waals surface area contributed by atoms with Gasteiger partial charge in [-0.1, -0.05) is 47.5 Å². The predicted molar refractivity (Wildman–Crippen MR) is 145 cm³/mol. The van der Waals surface area contributed by atoms with Gasteiger partial charge in [-0.3, -0.25) is 14.5 Å². The molecule has 2 atom stereocenters. The molecule has 3 heterocycles. The van der Waals surface area contributed by atoms with Crippen LogP contribution in [-0.2, 0) is 14.3 Å². The molecular weight excluding hydrogens is 458 g/mol. The average molecular weight is 512 g/mol. The van der Waals surface area contributed by atoms with Crippen molar-refractivity contribution in [3.8, 4) is 0 Å². The van der Waals surface area contributed by atoms with Crippen molar-refractivity contribution >= 4 is 18.4 Å². The maximum absolute atomic E-state index is 12.7. The summed E-state index contributed by atoms with van der Waals surface area (Å²) in [5.41, 5.74) is 0. The minimum Gasteiger partial charge on any atom is -0.449 e. The van der Waals surface area contributed by atoms with Gasteiger partial charge in [0.15, 0.2) is 0 Å². The zero-order valence-electron chi connectivity index (χ0n) is 23.8. The molecule has 3 fully saturated rings.